The van der Waals surface area contributed by atoms with Gasteiger partial charge in [0.2, 0.25) is 0 Å². The van der Waals surface area contributed by atoms with Gasteiger partial charge in [-0.15, -0.1) is 0 Å². The maximum absolute atomic E-state index is 12.0. The number of amides is 1. The summed E-state index contributed by atoms with van der Waals surface area (Å²) in [6.45, 7) is 3.46. The van der Waals surface area contributed by atoms with E-state index in [-0.39, 0.29) is 5.91 Å². The van der Waals surface area contributed by atoms with Crippen LogP contribution in [0.4, 0.5) is 5.69 Å². The van der Waals surface area contributed by atoms with Crippen molar-refractivity contribution in [2.75, 3.05) is 5.32 Å². The van der Waals surface area contributed by atoms with Crippen LogP contribution >= 0.6 is 0 Å². The lowest BCUT2D eigenvalue weighted by Gasteiger charge is -2.08. The molecule has 0 radical (unpaired) electrons. The third kappa shape index (κ3) is 3.72. The van der Waals surface area contributed by atoms with E-state index >= 15 is 0 Å². The smallest absolute Gasteiger partial charge is 0.306 e. The molecule has 1 atom stereocenters. The van der Waals surface area contributed by atoms with E-state index in [9.17, 15) is 9.59 Å². The number of rotatable bonds is 5. The first kappa shape index (κ1) is 14.8. The summed E-state index contributed by atoms with van der Waals surface area (Å²) in [5.41, 5.74) is 2.33. The van der Waals surface area contributed by atoms with Gasteiger partial charge in [-0.05, 0) is 37.1 Å². The van der Waals surface area contributed by atoms with Crippen molar-refractivity contribution in [3.05, 3.63) is 53.5 Å². The van der Waals surface area contributed by atoms with Gasteiger partial charge in [0, 0.05) is 11.3 Å². The summed E-state index contributed by atoms with van der Waals surface area (Å²) in [6.07, 6.45) is 1.93. The standard InChI is InChI=1S/C16H17NO4/c1-10-7-8-21-14(10)15(18)17-13-5-3-12(4-6-13)9-11(2)16(19)20/h3-8,11H,9H2,1-2H3,(H,17,18)(H,19,20). The Bertz CT molecular complexity index is 643. The zero-order valence-electron chi connectivity index (χ0n) is 11.9. The van der Waals surface area contributed by atoms with Gasteiger partial charge in [0.15, 0.2) is 5.76 Å². The van der Waals surface area contributed by atoms with Crippen LogP contribution in [0.1, 0.15) is 28.6 Å². The van der Waals surface area contributed by atoms with Crippen molar-refractivity contribution in [1.29, 1.82) is 0 Å². The summed E-state index contributed by atoms with van der Waals surface area (Å²) in [4.78, 5) is 22.8. The average molecular weight is 287 g/mol. The number of anilines is 1. The van der Waals surface area contributed by atoms with Crippen LogP contribution in [0.3, 0.4) is 0 Å². The molecule has 2 rings (SSSR count). The minimum absolute atomic E-state index is 0.290. The molecule has 2 aromatic rings. The predicted octanol–water partition coefficient (Wildman–Crippen LogP) is 3.10. The Morgan fingerprint density at radius 2 is 1.90 bits per heavy atom. The van der Waals surface area contributed by atoms with Gasteiger partial charge in [0.25, 0.3) is 5.91 Å². The average Bonchev–Trinajstić information content (AvgIpc) is 2.87. The van der Waals surface area contributed by atoms with Crippen LogP contribution < -0.4 is 5.32 Å². The monoisotopic (exact) mass is 287 g/mol. The molecule has 0 aliphatic heterocycles. The number of aliphatic carboxylic acids is 1. The highest BCUT2D eigenvalue weighted by molar-refractivity contribution is 6.03. The highest BCUT2D eigenvalue weighted by Crippen LogP contribution is 2.16. The van der Waals surface area contributed by atoms with E-state index in [1.807, 2.05) is 12.1 Å². The molecule has 5 nitrogen and oxygen atoms in total. The number of hydrogen-bond acceptors (Lipinski definition) is 3. The summed E-state index contributed by atoms with van der Waals surface area (Å²) in [5, 5.41) is 11.6. The molecule has 0 aliphatic carbocycles. The van der Waals surface area contributed by atoms with E-state index in [1.165, 1.54) is 6.26 Å². The first-order chi connectivity index (χ1) is 9.97. The van der Waals surface area contributed by atoms with Crippen molar-refractivity contribution in [2.24, 2.45) is 5.92 Å². The van der Waals surface area contributed by atoms with Crippen molar-refractivity contribution in [2.45, 2.75) is 20.3 Å². The van der Waals surface area contributed by atoms with E-state index in [0.717, 1.165) is 11.1 Å². The quantitative estimate of drug-likeness (QED) is 0.885. The van der Waals surface area contributed by atoms with Crippen molar-refractivity contribution in [3.63, 3.8) is 0 Å². The van der Waals surface area contributed by atoms with Gasteiger partial charge in [-0.3, -0.25) is 9.59 Å². The number of carboxylic acid groups (broad SMARTS) is 1. The topological polar surface area (TPSA) is 79.5 Å². The molecule has 21 heavy (non-hydrogen) atoms. The largest absolute Gasteiger partial charge is 0.481 e. The first-order valence-electron chi connectivity index (χ1n) is 6.64. The van der Waals surface area contributed by atoms with E-state index < -0.39 is 11.9 Å². The maximum atomic E-state index is 12.0. The lowest BCUT2D eigenvalue weighted by molar-refractivity contribution is -0.141. The Kier molecular flexibility index (Phi) is 4.42. The number of carboxylic acids is 1. The molecule has 2 N–H and O–H groups in total. The molecule has 1 amide bonds. The molecule has 1 aromatic carbocycles. The molecule has 1 unspecified atom stereocenters. The first-order valence-corrected chi connectivity index (χ1v) is 6.64. The van der Waals surface area contributed by atoms with E-state index in [1.54, 1.807) is 32.0 Å². The Morgan fingerprint density at radius 3 is 2.43 bits per heavy atom. The molecule has 5 heteroatoms. The molecular formula is C16H17NO4. The molecular weight excluding hydrogens is 270 g/mol. The van der Waals surface area contributed by atoms with Gasteiger partial charge in [-0.2, -0.15) is 0 Å². The van der Waals surface area contributed by atoms with Gasteiger partial charge in [-0.25, -0.2) is 0 Å². The zero-order chi connectivity index (χ0) is 15.4. The number of aryl methyl sites for hydroxylation is 1. The Morgan fingerprint density at radius 1 is 1.24 bits per heavy atom. The normalized spacial score (nSPS) is 11.9. The highest BCUT2D eigenvalue weighted by atomic mass is 16.4. The molecule has 0 aliphatic rings. The molecule has 0 spiro atoms. The summed E-state index contributed by atoms with van der Waals surface area (Å²) >= 11 is 0. The van der Waals surface area contributed by atoms with Crippen LogP contribution in [-0.2, 0) is 11.2 Å². The summed E-state index contributed by atoms with van der Waals surface area (Å²) in [5.74, 6) is -1.26. The van der Waals surface area contributed by atoms with Crippen LogP contribution in [0.15, 0.2) is 41.0 Å². The fraction of sp³-hybridized carbons (Fsp3) is 0.250. The summed E-state index contributed by atoms with van der Waals surface area (Å²) in [6, 6.07) is 8.85. The van der Waals surface area contributed by atoms with Crippen LogP contribution in [0.5, 0.6) is 0 Å². The van der Waals surface area contributed by atoms with Crippen molar-refractivity contribution < 1.29 is 19.1 Å². The second kappa shape index (κ2) is 6.26. The van der Waals surface area contributed by atoms with Crippen LogP contribution in [0.2, 0.25) is 0 Å². The van der Waals surface area contributed by atoms with Crippen LogP contribution in [0.25, 0.3) is 0 Å². The van der Waals surface area contributed by atoms with Gasteiger partial charge < -0.3 is 14.8 Å². The zero-order valence-corrected chi connectivity index (χ0v) is 11.9. The second-order valence-corrected chi connectivity index (χ2v) is 5.03. The van der Waals surface area contributed by atoms with Crippen molar-refractivity contribution in [3.8, 4) is 0 Å². The van der Waals surface area contributed by atoms with Gasteiger partial charge in [0.05, 0.1) is 12.2 Å². The fourth-order valence-corrected chi connectivity index (χ4v) is 1.96. The van der Waals surface area contributed by atoms with Crippen LogP contribution in [0, 0.1) is 12.8 Å². The van der Waals surface area contributed by atoms with E-state index in [2.05, 4.69) is 5.32 Å². The van der Waals surface area contributed by atoms with Crippen molar-refractivity contribution >= 4 is 17.6 Å². The highest BCUT2D eigenvalue weighted by Gasteiger charge is 2.14. The lowest BCUT2D eigenvalue weighted by atomic mass is 10.0. The molecule has 110 valence electrons. The molecule has 0 saturated carbocycles. The molecule has 0 fully saturated rings. The Balaban J connectivity index is 2.01. The fourth-order valence-electron chi connectivity index (χ4n) is 1.96. The van der Waals surface area contributed by atoms with Gasteiger partial charge in [-0.1, -0.05) is 19.1 Å². The minimum atomic E-state index is -0.819. The van der Waals surface area contributed by atoms with Crippen molar-refractivity contribution in [1.82, 2.24) is 0 Å². The molecule has 1 heterocycles. The maximum Gasteiger partial charge on any atom is 0.306 e. The Hall–Kier alpha value is -2.56. The number of carbonyl (C=O) groups is 2. The van der Waals surface area contributed by atoms with Crippen LogP contribution in [-0.4, -0.2) is 17.0 Å². The second-order valence-electron chi connectivity index (χ2n) is 5.03. The lowest BCUT2D eigenvalue weighted by Crippen LogP contribution is -2.13. The SMILES string of the molecule is Cc1ccoc1C(=O)Nc1ccc(CC(C)C(=O)O)cc1. The minimum Gasteiger partial charge on any atom is -0.481 e. The number of hydrogen-bond donors (Lipinski definition) is 2. The molecule has 0 saturated heterocycles. The van der Waals surface area contributed by atoms with E-state index in [4.69, 9.17) is 9.52 Å². The van der Waals surface area contributed by atoms with E-state index in [0.29, 0.717) is 17.9 Å². The third-order valence-electron chi connectivity index (χ3n) is 3.24. The summed E-state index contributed by atoms with van der Waals surface area (Å²) < 4.78 is 5.12. The number of benzene rings is 1. The molecule has 0 bridgehead atoms. The predicted molar refractivity (Wildman–Crippen MR) is 78.3 cm³/mol. The van der Waals surface area contributed by atoms with Gasteiger partial charge in [0.1, 0.15) is 0 Å². The Labute approximate surface area is 122 Å². The number of carbonyl (C=O) groups excluding carboxylic acids is 1. The summed E-state index contributed by atoms with van der Waals surface area (Å²) in [7, 11) is 0. The third-order valence-corrected chi connectivity index (χ3v) is 3.24. The van der Waals surface area contributed by atoms with Gasteiger partial charge >= 0.3 is 5.97 Å². The molecule has 1 aromatic heterocycles. The number of nitrogens with one attached hydrogen (secondary N) is 1. The number of furan rings is 1.